The van der Waals surface area contributed by atoms with E-state index in [-0.39, 0.29) is 11.1 Å². The summed E-state index contributed by atoms with van der Waals surface area (Å²) >= 11 is 10.2. The molecule has 3 aromatic rings. The lowest BCUT2D eigenvalue weighted by molar-refractivity contribution is 0.0557. The van der Waals surface area contributed by atoms with Crippen LogP contribution >= 0.6 is 0 Å². The van der Waals surface area contributed by atoms with Crippen LogP contribution < -0.4 is 0 Å². The molecule has 10 nitrogen and oxygen atoms in total. The molecule has 0 amide bonds. The lowest BCUT2D eigenvalue weighted by atomic mass is 10.1. The van der Waals surface area contributed by atoms with E-state index in [1.54, 1.807) is 6.07 Å². The summed E-state index contributed by atoms with van der Waals surface area (Å²) in [6.07, 6.45) is -0.0295. The van der Waals surface area contributed by atoms with Gasteiger partial charge in [-0.1, -0.05) is 48.5 Å². The topological polar surface area (TPSA) is 119 Å². The summed E-state index contributed by atoms with van der Waals surface area (Å²) in [5, 5.41) is 1.54. The Bertz CT molecular complexity index is 1640. The molecule has 0 aliphatic carbocycles. The van der Waals surface area contributed by atoms with Gasteiger partial charge >= 0.3 is 17.6 Å². The van der Waals surface area contributed by atoms with E-state index in [9.17, 15) is 13.0 Å². The average Bonchev–Trinajstić information content (AvgIpc) is 3.02. The second-order valence-electron chi connectivity index (χ2n) is 10.3. The zero-order valence-corrected chi connectivity index (χ0v) is 34.4. The van der Waals surface area contributed by atoms with Crippen LogP contribution in [0.25, 0.3) is 10.8 Å². The minimum absolute atomic E-state index is 0.0295. The molecule has 48 heavy (non-hydrogen) atoms. The van der Waals surface area contributed by atoms with Gasteiger partial charge in [0.15, 0.2) is 17.5 Å². The molecule has 0 saturated carbocycles. The fourth-order valence-electron chi connectivity index (χ4n) is 5.02. The molecule has 0 radical (unpaired) electrons. The van der Waals surface area contributed by atoms with E-state index in [0.29, 0.717) is 61.5 Å². The van der Waals surface area contributed by atoms with Crippen LogP contribution in [0, 0.1) is 13.8 Å². The van der Waals surface area contributed by atoms with Gasteiger partial charge < -0.3 is 31.1 Å². The first kappa shape index (κ1) is 42.9. The molecule has 0 saturated heterocycles. The van der Waals surface area contributed by atoms with E-state index in [1.165, 1.54) is 0 Å². The van der Waals surface area contributed by atoms with E-state index in [0.717, 1.165) is 16.5 Å². The highest BCUT2D eigenvalue weighted by molar-refractivity contribution is 8.30. The molecular weight excluding hydrogens is 729 g/mol. The Balaban J connectivity index is 0.000000335. The van der Waals surface area contributed by atoms with Crippen LogP contribution in [-0.2, 0) is 76.7 Å². The van der Waals surface area contributed by atoms with Gasteiger partial charge in [-0.05, 0) is 83.5 Å². The zero-order chi connectivity index (χ0) is 36.0. The first-order valence-electron chi connectivity index (χ1n) is 16.0. The first-order chi connectivity index (χ1) is 22.7. The third-order valence-corrected chi connectivity index (χ3v) is 16.7. The molecule has 0 fully saturated rings. The molecule has 1 N–H and O–H groups in total. The molecule has 0 bridgehead atoms. The van der Waals surface area contributed by atoms with Crippen molar-refractivity contribution in [3.63, 3.8) is 0 Å². The Morgan fingerprint density at radius 2 is 1.17 bits per heavy atom. The molecule has 3 rings (SSSR count). The highest BCUT2D eigenvalue weighted by atomic mass is 32.8. The third kappa shape index (κ3) is 11.9. The predicted molar refractivity (Wildman–Crippen MR) is 201 cm³/mol. The molecular formula is C32H50O10S4Si2. The minimum atomic E-state index is -3.59. The van der Waals surface area contributed by atoms with Crippen molar-refractivity contribution in [1.82, 2.24) is 0 Å². The highest BCUT2D eigenvalue weighted by Crippen LogP contribution is 2.30. The van der Waals surface area contributed by atoms with Crippen molar-refractivity contribution in [2.45, 2.75) is 71.2 Å². The summed E-state index contributed by atoms with van der Waals surface area (Å²) in [5.41, 5.74) is 2.54. The summed E-state index contributed by atoms with van der Waals surface area (Å²) in [4.78, 5) is 0.788. The fourth-order valence-corrected chi connectivity index (χ4v) is 14.2. The second kappa shape index (κ2) is 20.0. The Labute approximate surface area is 298 Å². The molecule has 0 spiro atoms. The standard InChI is InChI=1S/C17H24O5S2Si.C15H26O5S2Si/c1-4-20-25(21-5-2,22-6-3)13-15-12-11-14-9-7-8-10-16(14)17(15)24(18,19)23;1-6-18-23(19-7-2,20-8-3)12-17-22(16,21)15-11-9-10-13(4)14(15)5/h7-12H,4-6,13H2,1-3H3,(H,18,19,23);9-11H,6-8,12H2,1-5H3. The van der Waals surface area contributed by atoms with E-state index in [1.807, 2.05) is 104 Å². The summed E-state index contributed by atoms with van der Waals surface area (Å²) in [5.74, 6) is 0. The number of rotatable bonds is 19. The van der Waals surface area contributed by atoms with Gasteiger partial charge in [0.1, 0.15) is 6.23 Å². The number of fused-ring (bicyclic) bond motifs is 1. The smallest absolute Gasteiger partial charge is 0.374 e. The monoisotopic (exact) mass is 778 g/mol. The Kier molecular flexibility index (Phi) is 17.9. The SMILES string of the molecule is CCO[Si](COS(=O)(=S)c1cccc(C)c1C)(OCC)OCC.CCO[Si](Cc1ccc2ccccc2c1S(=O)(O)=S)(OCC)OCC. The number of aryl methyl sites for hydroxylation is 1. The molecule has 3 aromatic carbocycles. The maximum absolute atomic E-state index is 12.9. The molecule has 2 atom stereocenters. The average molecular weight is 779 g/mol. The van der Waals surface area contributed by atoms with Crippen LogP contribution in [0.1, 0.15) is 58.2 Å². The molecule has 0 aromatic heterocycles. The van der Waals surface area contributed by atoms with Gasteiger partial charge in [0.25, 0.3) is 0 Å². The van der Waals surface area contributed by atoms with Crippen LogP contribution in [0.15, 0.2) is 64.4 Å². The van der Waals surface area contributed by atoms with E-state index in [4.69, 9.17) is 53.1 Å². The van der Waals surface area contributed by atoms with Crippen molar-refractivity contribution < 1.29 is 43.7 Å². The molecule has 0 aliphatic heterocycles. The lowest BCUT2D eigenvalue weighted by Gasteiger charge is -2.29. The van der Waals surface area contributed by atoms with E-state index in [2.05, 4.69) is 0 Å². The van der Waals surface area contributed by atoms with Crippen molar-refractivity contribution in [2.75, 3.05) is 45.9 Å². The molecule has 0 aliphatic rings. The largest absolute Gasteiger partial charge is 0.529 e. The van der Waals surface area contributed by atoms with Gasteiger partial charge in [-0.15, -0.1) is 0 Å². The van der Waals surface area contributed by atoms with Crippen molar-refractivity contribution in [3.8, 4) is 0 Å². The van der Waals surface area contributed by atoms with Crippen molar-refractivity contribution in [3.05, 3.63) is 71.3 Å². The van der Waals surface area contributed by atoms with E-state index >= 15 is 0 Å². The zero-order valence-electron chi connectivity index (χ0n) is 29.1. The predicted octanol–water partition coefficient (Wildman–Crippen LogP) is 6.48. The second-order valence-corrected chi connectivity index (χ2v) is 21.0. The molecule has 2 unspecified atom stereocenters. The van der Waals surface area contributed by atoms with Gasteiger partial charge in [0.05, 0.1) is 9.79 Å². The quantitative estimate of drug-likeness (QED) is 0.134. The van der Waals surface area contributed by atoms with Crippen LogP contribution in [-0.4, -0.2) is 76.5 Å². The summed E-state index contributed by atoms with van der Waals surface area (Å²) in [6.45, 7) is 17.7. The van der Waals surface area contributed by atoms with Crippen LogP contribution in [0.3, 0.4) is 0 Å². The Morgan fingerprint density at radius 1 is 0.667 bits per heavy atom. The molecule has 16 heteroatoms. The molecule has 270 valence electrons. The van der Waals surface area contributed by atoms with Gasteiger partial charge in [0, 0.05) is 73.4 Å². The lowest BCUT2D eigenvalue weighted by Crippen LogP contribution is -2.51. The van der Waals surface area contributed by atoms with Crippen LogP contribution in [0.2, 0.25) is 0 Å². The van der Waals surface area contributed by atoms with Crippen LogP contribution in [0.5, 0.6) is 0 Å². The fraction of sp³-hybridized carbons (Fsp3) is 0.500. The third-order valence-electron chi connectivity index (χ3n) is 7.03. The van der Waals surface area contributed by atoms with E-state index < -0.39 is 35.2 Å². The Hall–Kier alpha value is -1.23. The summed E-state index contributed by atoms with van der Waals surface area (Å²) in [7, 11) is -12.7. The van der Waals surface area contributed by atoms with Gasteiger partial charge in [0.2, 0.25) is 0 Å². The van der Waals surface area contributed by atoms with Crippen molar-refractivity contribution in [2.24, 2.45) is 0 Å². The van der Waals surface area contributed by atoms with Crippen molar-refractivity contribution in [1.29, 1.82) is 0 Å². The number of benzene rings is 3. The molecule has 0 heterocycles. The van der Waals surface area contributed by atoms with Gasteiger partial charge in [-0.25, -0.2) is 8.42 Å². The van der Waals surface area contributed by atoms with Crippen molar-refractivity contribution >= 4 is 68.3 Å². The Morgan fingerprint density at radius 3 is 1.67 bits per heavy atom. The van der Waals surface area contributed by atoms with Gasteiger partial charge in [-0.3, -0.25) is 4.18 Å². The first-order valence-corrected chi connectivity index (χ1v) is 24.7. The summed E-state index contributed by atoms with van der Waals surface area (Å²) in [6, 6.07) is 17.0. The van der Waals surface area contributed by atoms with Crippen LogP contribution in [0.4, 0.5) is 0 Å². The highest BCUT2D eigenvalue weighted by Gasteiger charge is 2.43. The number of hydrogen-bond acceptors (Lipinski definition) is 11. The normalized spacial score (nSPS) is 14.6. The number of hydrogen-bond donors (Lipinski definition) is 1. The minimum Gasteiger partial charge on any atom is -0.374 e. The van der Waals surface area contributed by atoms with Gasteiger partial charge in [-0.2, -0.15) is 0 Å². The maximum Gasteiger partial charge on any atom is 0.529 e. The summed E-state index contributed by atoms with van der Waals surface area (Å²) < 4.78 is 75.8. The maximum atomic E-state index is 12.9.